The summed E-state index contributed by atoms with van der Waals surface area (Å²) in [7, 11) is 0.915. The van der Waals surface area contributed by atoms with Gasteiger partial charge in [0.2, 0.25) is 15.9 Å². The van der Waals surface area contributed by atoms with Crippen molar-refractivity contribution in [1.29, 1.82) is 0 Å². The lowest BCUT2D eigenvalue weighted by Crippen LogP contribution is -2.35. The van der Waals surface area contributed by atoms with Gasteiger partial charge in [-0.05, 0) is 55.3 Å². The Morgan fingerprint density at radius 1 is 0.938 bits per heavy atom. The number of nitrogens with one attached hydrogen (secondary N) is 1. The van der Waals surface area contributed by atoms with Crippen LogP contribution in [0.25, 0.3) is 6.08 Å². The smallest absolute Gasteiger partial charge is 0.248 e. The molecule has 1 saturated heterocycles. The number of carbonyl (C=O) groups excluding carboxylic acids is 1. The van der Waals surface area contributed by atoms with Crippen LogP contribution in [-0.2, 0) is 14.8 Å². The predicted octanol–water partition coefficient (Wildman–Crippen LogP) is 3.54. The zero-order valence-electron chi connectivity index (χ0n) is 18.5. The van der Waals surface area contributed by atoms with Crippen LogP contribution in [0.3, 0.4) is 0 Å². The number of sulfonamides is 1. The van der Waals surface area contributed by atoms with Crippen molar-refractivity contribution in [3.63, 3.8) is 0 Å². The van der Waals surface area contributed by atoms with E-state index >= 15 is 0 Å². The van der Waals surface area contributed by atoms with Gasteiger partial charge < -0.3 is 19.5 Å². The Bertz CT molecular complexity index is 1090. The molecule has 1 aliphatic heterocycles. The monoisotopic (exact) mass is 460 g/mol. The van der Waals surface area contributed by atoms with Crippen LogP contribution in [0, 0.1) is 0 Å². The molecule has 1 fully saturated rings. The van der Waals surface area contributed by atoms with E-state index in [4.69, 9.17) is 14.2 Å². The first kappa shape index (κ1) is 23.6. The second kappa shape index (κ2) is 10.5. The second-order valence-corrected chi connectivity index (χ2v) is 9.20. The first-order chi connectivity index (χ1) is 15.4. The van der Waals surface area contributed by atoms with Crippen molar-refractivity contribution in [3.05, 3.63) is 48.0 Å². The zero-order valence-corrected chi connectivity index (χ0v) is 19.3. The van der Waals surface area contributed by atoms with Gasteiger partial charge >= 0.3 is 0 Å². The molecule has 172 valence electrons. The molecule has 0 saturated carbocycles. The van der Waals surface area contributed by atoms with Crippen molar-refractivity contribution in [2.24, 2.45) is 0 Å². The van der Waals surface area contributed by atoms with Crippen molar-refractivity contribution >= 4 is 27.7 Å². The highest BCUT2D eigenvalue weighted by molar-refractivity contribution is 7.89. The maximum absolute atomic E-state index is 13.0. The van der Waals surface area contributed by atoms with Crippen molar-refractivity contribution < 1.29 is 27.4 Å². The van der Waals surface area contributed by atoms with Gasteiger partial charge in [-0.2, -0.15) is 4.31 Å². The van der Waals surface area contributed by atoms with Gasteiger partial charge in [-0.25, -0.2) is 8.42 Å². The number of hydrogen-bond donors (Lipinski definition) is 1. The van der Waals surface area contributed by atoms with Gasteiger partial charge in [0.05, 0.1) is 31.9 Å². The number of hydrogen-bond acceptors (Lipinski definition) is 6. The molecule has 0 atom stereocenters. The van der Waals surface area contributed by atoms with Gasteiger partial charge in [0.15, 0.2) is 0 Å². The Morgan fingerprint density at radius 2 is 1.62 bits per heavy atom. The number of carbonyl (C=O) groups is 1. The molecule has 2 aromatic carbocycles. The minimum Gasteiger partial charge on any atom is -0.497 e. The molecule has 0 unspecified atom stereocenters. The quantitative estimate of drug-likeness (QED) is 0.606. The number of benzene rings is 2. The molecular formula is C23H28N2O6S. The van der Waals surface area contributed by atoms with Crippen molar-refractivity contribution in [2.75, 3.05) is 39.7 Å². The van der Waals surface area contributed by atoms with Crippen molar-refractivity contribution in [1.82, 2.24) is 4.31 Å². The lowest BCUT2D eigenvalue weighted by atomic mass is 10.1. The van der Waals surface area contributed by atoms with E-state index in [0.29, 0.717) is 35.9 Å². The van der Waals surface area contributed by atoms with Crippen LogP contribution in [0.15, 0.2) is 47.4 Å². The molecule has 0 bridgehead atoms. The van der Waals surface area contributed by atoms with Crippen LogP contribution < -0.4 is 19.5 Å². The zero-order chi connectivity index (χ0) is 23.1. The number of piperidine rings is 1. The van der Waals surface area contributed by atoms with E-state index in [1.807, 2.05) is 0 Å². The number of nitrogens with zero attached hydrogens (tertiary/aromatic N) is 1. The highest BCUT2D eigenvalue weighted by Gasteiger charge is 2.26. The van der Waals surface area contributed by atoms with Gasteiger partial charge in [-0.1, -0.05) is 6.42 Å². The Morgan fingerprint density at radius 3 is 2.28 bits per heavy atom. The first-order valence-electron chi connectivity index (χ1n) is 10.3. The Kier molecular flexibility index (Phi) is 7.76. The second-order valence-electron chi connectivity index (χ2n) is 7.26. The lowest BCUT2D eigenvalue weighted by molar-refractivity contribution is -0.111. The number of anilines is 1. The molecule has 0 aromatic heterocycles. The fourth-order valence-corrected chi connectivity index (χ4v) is 5.05. The van der Waals surface area contributed by atoms with Crippen molar-refractivity contribution in [3.8, 4) is 17.2 Å². The van der Waals surface area contributed by atoms with E-state index in [9.17, 15) is 13.2 Å². The molecule has 0 aliphatic carbocycles. The van der Waals surface area contributed by atoms with Crippen LogP contribution in [-0.4, -0.2) is 53.0 Å². The summed E-state index contributed by atoms with van der Waals surface area (Å²) in [5.41, 5.74) is 0.938. The summed E-state index contributed by atoms with van der Waals surface area (Å²) >= 11 is 0. The maximum atomic E-state index is 13.0. The molecule has 1 aliphatic rings. The standard InChI is InChI=1S/C23H28N2O6S/c1-29-18-8-10-21(30-2)17(15-18)7-12-23(26)24-20-16-19(9-11-22(20)31-3)32(27,28)25-13-5-4-6-14-25/h7-12,15-16H,4-6,13-14H2,1-3H3,(H,24,26). The maximum Gasteiger partial charge on any atom is 0.248 e. The van der Waals surface area contributed by atoms with Crippen LogP contribution in [0.2, 0.25) is 0 Å². The molecule has 1 amide bonds. The molecule has 32 heavy (non-hydrogen) atoms. The average Bonchev–Trinajstić information content (AvgIpc) is 2.83. The molecule has 1 N–H and O–H groups in total. The molecule has 0 spiro atoms. The molecule has 9 heteroatoms. The summed E-state index contributed by atoms with van der Waals surface area (Å²) in [6, 6.07) is 9.72. The van der Waals surface area contributed by atoms with E-state index < -0.39 is 15.9 Å². The molecular weight excluding hydrogens is 432 g/mol. The molecule has 3 rings (SSSR count). The summed E-state index contributed by atoms with van der Waals surface area (Å²) in [6.07, 6.45) is 5.65. The Hall–Kier alpha value is -3.04. The van der Waals surface area contributed by atoms with Gasteiger partial charge in [0.1, 0.15) is 17.2 Å². The minimum atomic E-state index is -3.64. The van der Waals surface area contributed by atoms with Crippen LogP contribution in [0.1, 0.15) is 24.8 Å². The third-order valence-corrected chi connectivity index (χ3v) is 7.13. The van der Waals surface area contributed by atoms with Gasteiger partial charge in [-0.15, -0.1) is 0 Å². The Labute approximate surface area is 188 Å². The third kappa shape index (κ3) is 5.41. The van der Waals surface area contributed by atoms with E-state index in [1.165, 1.54) is 29.6 Å². The van der Waals surface area contributed by atoms with E-state index in [0.717, 1.165) is 19.3 Å². The van der Waals surface area contributed by atoms with Gasteiger partial charge in [0.25, 0.3) is 0 Å². The highest BCUT2D eigenvalue weighted by atomic mass is 32.2. The number of methoxy groups -OCH3 is 3. The van der Waals surface area contributed by atoms with Crippen molar-refractivity contribution in [2.45, 2.75) is 24.2 Å². The molecule has 2 aromatic rings. The lowest BCUT2D eigenvalue weighted by Gasteiger charge is -2.26. The normalized spacial score (nSPS) is 14.8. The van der Waals surface area contributed by atoms with Gasteiger partial charge in [0, 0.05) is 24.7 Å². The fraction of sp³-hybridized carbons (Fsp3) is 0.348. The van der Waals surface area contributed by atoms with Crippen LogP contribution in [0.5, 0.6) is 17.2 Å². The first-order valence-corrected chi connectivity index (χ1v) is 11.7. The van der Waals surface area contributed by atoms with E-state index in [1.54, 1.807) is 44.6 Å². The molecule has 1 heterocycles. The number of amides is 1. The number of rotatable bonds is 8. The van der Waals surface area contributed by atoms with E-state index in [2.05, 4.69) is 5.32 Å². The fourth-order valence-electron chi connectivity index (χ4n) is 3.51. The van der Waals surface area contributed by atoms with Crippen LogP contribution >= 0.6 is 0 Å². The third-order valence-electron chi connectivity index (χ3n) is 5.23. The highest BCUT2D eigenvalue weighted by Crippen LogP contribution is 2.30. The summed E-state index contributed by atoms with van der Waals surface area (Å²) in [4.78, 5) is 12.7. The Balaban J connectivity index is 1.83. The summed E-state index contributed by atoms with van der Waals surface area (Å²) < 4.78 is 43.3. The molecule has 0 radical (unpaired) electrons. The SMILES string of the molecule is COc1ccc(OC)c(C=CC(=O)Nc2cc(S(=O)(=O)N3CCCCC3)ccc2OC)c1. The average molecular weight is 461 g/mol. The summed E-state index contributed by atoms with van der Waals surface area (Å²) in [5.74, 6) is 1.13. The topological polar surface area (TPSA) is 94.2 Å². The van der Waals surface area contributed by atoms with Crippen LogP contribution in [0.4, 0.5) is 5.69 Å². The summed E-state index contributed by atoms with van der Waals surface area (Å²) in [6.45, 7) is 1.00. The predicted molar refractivity (Wildman–Crippen MR) is 123 cm³/mol. The largest absolute Gasteiger partial charge is 0.497 e. The minimum absolute atomic E-state index is 0.119. The number of ether oxygens (including phenoxy) is 3. The summed E-state index contributed by atoms with van der Waals surface area (Å²) in [5, 5.41) is 2.71. The van der Waals surface area contributed by atoms with Gasteiger partial charge in [-0.3, -0.25) is 4.79 Å². The molecule has 8 nitrogen and oxygen atoms in total. The van der Waals surface area contributed by atoms with E-state index in [-0.39, 0.29) is 10.6 Å².